The number of aliphatic hydroxyl groups excluding tert-OH is 1. The highest BCUT2D eigenvalue weighted by Gasteiger charge is 2.44. The van der Waals surface area contributed by atoms with Gasteiger partial charge in [0.1, 0.15) is 0 Å². The second kappa shape index (κ2) is 13.9. The largest absolute Gasteiger partial charge is 0.466 e. The molecular formula is C35H41N3O4. The average Bonchev–Trinajstić information content (AvgIpc) is 3.03. The lowest BCUT2D eigenvalue weighted by molar-refractivity contribution is -0.144. The normalized spacial score (nSPS) is 19.7. The Morgan fingerprint density at radius 2 is 1.45 bits per heavy atom. The number of rotatable bonds is 10. The fourth-order valence-electron chi connectivity index (χ4n) is 6.29. The van der Waals surface area contributed by atoms with Gasteiger partial charge in [0, 0.05) is 39.3 Å². The number of carbonyl (C=O) groups is 2. The summed E-state index contributed by atoms with van der Waals surface area (Å²) < 4.78 is 5.02. The summed E-state index contributed by atoms with van der Waals surface area (Å²) >= 11 is 0. The van der Waals surface area contributed by atoms with Crippen LogP contribution in [-0.4, -0.2) is 90.2 Å². The van der Waals surface area contributed by atoms with Crippen molar-refractivity contribution in [2.24, 2.45) is 0 Å². The van der Waals surface area contributed by atoms with Crippen LogP contribution in [0.5, 0.6) is 0 Å². The van der Waals surface area contributed by atoms with Crippen molar-refractivity contribution in [2.45, 2.75) is 31.4 Å². The van der Waals surface area contributed by atoms with Gasteiger partial charge in [-0.2, -0.15) is 0 Å². The van der Waals surface area contributed by atoms with Gasteiger partial charge in [-0.15, -0.1) is 0 Å². The lowest BCUT2D eigenvalue weighted by Gasteiger charge is -2.48. The molecule has 2 aliphatic rings. The minimum Gasteiger partial charge on any atom is -0.466 e. The Morgan fingerprint density at radius 1 is 0.881 bits per heavy atom. The standard InChI is InChI=1S/C35H41N3O4/c1-2-42-34(41)20-21-36-24-25-37(33(40)27-36)22-18-28-26-38(23-19-32(28)39)35(29-12-6-3-7-13-29,30-14-8-4-9-15-30)31-16-10-5-11-17-31/h3-18,32,39H,2,19-27H2,1H3/b28-18-. The fraction of sp³-hybridized carbons (Fsp3) is 0.371. The third-order valence-corrected chi connectivity index (χ3v) is 8.43. The van der Waals surface area contributed by atoms with Crippen LogP contribution < -0.4 is 0 Å². The molecule has 2 saturated heterocycles. The number of hydrogen-bond donors (Lipinski definition) is 1. The van der Waals surface area contributed by atoms with Crippen LogP contribution in [0.2, 0.25) is 0 Å². The molecule has 0 saturated carbocycles. The highest BCUT2D eigenvalue weighted by Crippen LogP contribution is 2.44. The molecule has 0 aliphatic carbocycles. The van der Waals surface area contributed by atoms with Gasteiger partial charge in [0.25, 0.3) is 0 Å². The molecule has 0 bridgehead atoms. The zero-order valence-electron chi connectivity index (χ0n) is 24.4. The minimum atomic E-state index is -0.553. The number of amides is 1. The van der Waals surface area contributed by atoms with Crippen LogP contribution >= 0.6 is 0 Å². The van der Waals surface area contributed by atoms with E-state index in [2.05, 4.69) is 83.8 Å². The Bertz CT molecular complexity index is 1250. The van der Waals surface area contributed by atoms with Gasteiger partial charge in [-0.25, -0.2) is 0 Å². The van der Waals surface area contributed by atoms with E-state index in [1.807, 2.05) is 28.0 Å². The van der Waals surface area contributed by atoms with Crippen LogP contribution in [0.15, 0.2) is 103 Å². The molecule has 0 spiro atoms. The first kappa shape index (κ1) is 29.7. The summed E-state index contributed by atoms with van der Waals surface area (Å²) in [4.78, 5) is 31.0. The van der Waals surface area contributed by atoms with Gasteiger partial charge in [-0.3, -0.25) is 19.4 Å². The second-order valence-corrected chi connectivity index (χ2v) is 11.0. The van der Waals surface area contributed by atoms with E-state index in [1.54, 1.807) is 6.92 Å². The number of likely N-dealkylation sites (tertiary alicyclic amines) is 1. The van der Waals surface area contributed by atoms with Gasteiger partial charge in [0.05, 0.1) is 31.2 Å². The zero-order chi connectivity index (χ0) is 29.4. The van der Waals surface area contributed by atoms with Gasteiger partial charge in [-0.1, -0.05) is 97.1 Å². The van der Waals surface area contributed by atoms with Crippen molar-refractivity contribution in [1.29, 1.82) is 0 Å². The Balaban J connectivity index is 1.38. The summed E-state index contributed by atoms with van der Waals surface area (Å²) in [6, 6.07) is 31.8. The van der Waals surface area contributed by atoms with E-state index in [9.17, 15) is 14.7 Å². The van der Waals surface area contributed by atoms with Gasteiger partial charge in [-0.05, 0) is 35.6 Å². The molecule has 1 atom stereocenters. The maximum Gasteiger partial charge on any atom is 0.307 e. The van der Waals surface area contributed by atoms with Crippen molar-refractivity contribution in [1.82, 2.24) is 14.7 Å². The van der Waals surface area contributed by atoms with Gasteiger partial charge in [0.15, 0.2) is 0 Å². The molecule has 1 unspecified atom stereocenters. The molecule has 0 radical (unpaired) electrons. The van der Waals surface area contributed by atoms with Crippen LogP contribution in [0.3, 0.4) is 0 Å². The van der Waals surface area contributed by atoms with E-state index in [4.69, 9.17) is 4.74 Å². The van der Waals surface area contributed by atoms with E-state index < -0.39 is 11.6 Å². The first-order valence-electron chi connectivity index (χ1n) is 15.0. The van der Waals surface area contributed by atoms with E-state index in [0.717, 1.165) is 12.1 Å². The zero-order valence-corrected chi connectivity index (χ0v) is 24.4. The quantitative estimate of drug-likeness (QED) is 0.226. The molecule has 7 nitrogen and oxygen atoms in total. The number of carbonyl (C=O) groups excluding carboxylic acids is 2. The molecule has 2 heterocycles. The lowest BCUT2D eigenvalue weighted by atomic mass is 9.74. The smallest absolute Gasteiger partial charge is 0.307 e. The molecule has 2 aliphatic heterocycles. The maximum absolute atomic E-state index is 13.0. The molecule has 3 aromatic rings. The molecule has 5 rings (SSSR count). The van der Waals surface area contributed by atoms with Crippen molar-refractivity contribution in [3.8, 4) is 0 Å². The van der Waals surface area contributed by atoms with Gasteiger partial charge in [0.2, 0.25) is 5.91 Å². The van der Waals surface area contributed by atoms with Crippen LogP contribution in [-0.2, 0) is 19.9 Å². The number of aliphatic hydroxyl groups is 1. The first-order valence-corrected chi connectivity index (χ1v) is 15.0. The third kappa shape index (κ3) is 6.49. The van der Waals surface area contributed by atoms with Crippen LogP contribution in [0, 0.1) is 0 Å². The Hall–Kier alpha value is -3.78. The van der Waals surface area contributed by atoms with E-state index >= 15 is 0 Å². The summed E-state index contributed by atoms with van der Waals surface area (Å²) in [6.45, 7) is 6.02. The van der Waals surface area contributed by atoms with Crippen molar-refractivity contribution in [2.75, 3.05) is 52.4 Å². The van der Waals surface area contributed by atoms with Crippen molar-refractivity contribution in [3.63, 3.8) is 0 Å². The van der Waals surface area contributed by atoms with Gasteiger partial charge < -0.3 is 14.7 Å². The number of hydrogen-bond acceptors (Lipinski definition) is 6. The van der Waals surface area contributed by atoms with Crippen molar-refractivity contribution in [3.05, 3.63) is 119 Å². The number of piperidine rings is 1. The minimum absolute atomic E-state index is 0.0383. The van der Waals surface area contributed by atoms with Crippen LogP contribution in [0.4, 0.5) is 0 Å². The summed E-state index contributed by atoms with van der Waals surface area (Å²) in [5.41, 5.74) is 3.90. The molecule has 2 fully saturated rings. The predicted octanol–water partition coefficient (Wildman–Crippen LogP) is 4.07. The molecular weight excluding hydrogens is 526 g/mol. The molecule has 1 N–H and O–H groups in total. The topological polar surface area (TPSA) is 73.3 Å². The van der Waals surface area contributed by atoms with Crippen molar-refractivity contribution < 1.29 is 19.4 Å². The van der Waals surface area contributed by atoms with Crippen LogP contribution in [0.25, 0.3) is 0 Å². The number of esters is 1. The maximum atomic E-state index is 13.0. The lowest BCUT2D eigenvalue weighted by Crippen LogP contribution is -2.53. The highest BCUT2D eigenvalue weighted by molar-refractivity contribution is 5.79. The molecule has 7 heteroatoms. The highest BCUT2D eigenvalue weighted by atomic mass is 16.5. The number of benzene rings is 3. The first-order chi connectivity index (χ1) is 20.5. The number of piperazine rings is 1. The SMILES string of the molecule is CCOC(=O)CCN1CCN(C/C=C2/CN(C(c3ccccc3)(c3ccccc3)c3ccccc3)CCC2O)C(=O)C1. The summed E-state index contributed by atoms with van der Waals surface area (Å²) in [6.07, 6.45) is 2.39. The third-order valence-electron chi connectivity index (χ3n) is 8.43. The molecule has 42 heavy (non-hydrogen) atoms. The predicted molar refractivity (Wildman–Crippen MR) is 164 cm³/mol. The Kier molecular flexibility index (Phi) is 9.85. The fourth-order valence-corrected chi connectivity index (χ4v) is 6.29. The second-order valence-electron chi connectivity index (χ2n) is 11.0. The van der Waals surface area contributed by atoms with Gasteiger partial charge >= 0.3 is 5.97 Å². The van der Waals surface area contributed by atoms with Crippen molar-refractivity contribution >= 4 is 11.9 Å². The number of ether oxygens (including phenoxy) is 1. The molecule has 0 aromatic heterocycles. The summed E-state index contributed by atoms with van der Waals surface area (Å²) in [5.74, 6) is -0.193. The van der Waals surface area contributed by atoms with E-state index in [-0.39, 0.29) is 18.4 Å². The average molecular weight is 568 g/mol. The van der Waals surface area contributed by atoms with E-state index in [1.165, 1.54) is 16.7 Å². The monoisotopic (exact) mass is 567 g/mol. The Morgan fingerprint density at radius 3 is 1.98 bits per heavy atom. The summed E-state index contributed by atoms with van der Waals surface area (Å²) in [7, 11) is 0. The number of nitrogens with zero attached hydrogens (tertiary/aromatic N) is 3. The van der Waals surface area contributed by atoms with E-state index in [0.29, 0.717) is 52.2 Å². The van der Waals surface area contributed by atoms with Crippen LogP contribution in [0.1, 0.15) is 36.5 Å². The molecule has 3 aromatic carbocycles. The Labute approximate surface area is 249 Å². The molecule has 1 amide bonds. The summed E-state index contributed by atoms with van der Waals surface area (Å²) in [5, 5.41) is 11.1. The molecule has 220 valence electrons.